The van der Waals surface area contributed by atoms with Gasteiger partial charge in [-0.05, 0) is 44.0 Å². The molecule has 27 heavy (non-hydrogen) atoms. The van der Waals surface area contributed by atoms with Crippen LogP contribution in [0.2, 0.25) is 0 Å². The topological polar surface area (TPSA) is 60.9 Å². The number of para-hydroxylation sites is 1. The summed E-state index contributed by atoms with van der Waals surface area (Å²) < 4.78 is 27.5. The van der Waals surface area contributed by atoms with Crippen molar-refractivity contribution in [1.82, 2.24) is 9.80 Å². The van der Waals surface area contributed by atoms with Crippen LogP contribution in [0.5, 0.6) is 0 Å². The van der Waals surface area contributed by atoms with Crippen LogP contribution in [0, 0.1) is 18.3 Å². The maximum Gasteiger partial charge on any atom is 0.241 e. The number of benzene rings is 1. The number of amides is 1. The lowest BCUT2D eigenvalue weighted by Gasteiger charge is -2.43. The Hall–Kier alpha value is -2.04. The van der Waals surface area contributed by atoms with E-state index in [1.807, 2.05) is 24.3 Å². The molecule has 0 spiro atoms. The molecule has 144 valence electrons. The molecule has 0 atom stereocenters. The van der Waals surface area contributed by atoms with Crippen molar-refractivity contribution >= 4 is 21.6 Å². The quantitative estimate of drug-likeness (QED) is 0.722. The number of carbonyl (C=O) groups excluding carboxylic acids is 1. The summed E-state index contributed by atoms with van der Waals surface area (Å²) in [6, 6.07) is 7.66. The summed E-state index contributed by atoms with van der Waals surface area (Å²) in [5, 5.41) is -0.492. The minimum atomic E-state index is -3.42. The third-order valence-corrected chi connectivity index (χ3v) is 8.12. The maximum absolute atomic E-state index is 13.0. The van der Waals surface area contributed by atoms with Crippen molar-refractivity contribution in [3.63, 3.8) is 0 Å². The maximum atomic E-state index is 13.0. The number of carbonyl (C=O) groups is 1. The fraction of sp³-hybridized carbons (Fsp3) is 0.550. The van der Waals surface area contributed by atoms with E-state index in [4.69, 9.17) is 6.42 Å². The van der Waals surface area contributed by atoms with Crippen LogP contribution in [-0.4, -0.2) is 68.6 Å². The average molecular weight is 388 g/mol. The minimum absolute atomic E-state index is 0.00445. The van der Waals surface area contributed by atoms with Crippen molar-refractivity contribution < 1.29 is 13.2 Å². The van der Waals surface area contributed by atoms with Crippen molar-refractivity contribution in [3.05, 3.63) is 29.8 Å². The molecule has 6 nitrogen and oxygen atoms in total. The fourth-order valence-corrected chi connectivity index (χ4v) is 6.18. The molecule has 0 N–H and O–H groups in total. The Balaban J connectivity index is 1.34. The summed E-state index contributed by atoms with van der Waals surface area (Å²) in [4.78, 5) is 16.6. The third kappa shape index (κ3) is 3.32. The van der Waals surface area contributed by atoms with E-state index in [1.165, 1.54) is 4.31 Å². The molecule has 0 saturated carbocycles. The highest BCUT2D eigenvalue weighted by atomic mass is 32.2. The zero-order valence-corrected chi connectivity index (χ0v) is 16.2. The first kappa shape index (κ1) is 18.3. The third-order valence-electron chi connectivity index (χ3n) is 5.98. The molecule has 0 unspecified atom stereocenters. The van der Waals surface area contributed by atoms with E-state index in [-0.39, 0.29) is 11.8 Å². The van der Waals surface area contributed by atoms with Crippen LogP contribution in [-0.2, 0) is 21.2 Å². The molecule has 3 aliphatic heterocycles. The monoisotopic (exact) mass is 387 g/mol. The van der Waals surface area contributed by atoms with E-state index in [9.17, 15) is 13.2 Å². The van der Waals surface area contributed by atoms with Crippen LogP contribution in [0.25, 0.3) is 0 Å². The van der Waals surface area contributed by atoms with Gasteiger partial charge in [-0.25, -0.2) is 8.42 Å². The van der Waals surface area contributed by atoms with Crippen molar-refractivity contribution in [2.45, 2.75) is 24.5 Å². The summed E-state index contributed by atoms with van der Waals surface area (Å²) >= 11 is 0. The highest BCUT2D eigenvalue weighted by Crippen LogP contribution is 2.34. The molecule has 0 bridgehead atoms. The van der Waals surface area contributed by atoms with Crippen LogP contribution in [0.1, 0.15) is 18.4 Å². The molecule has 0 radical (unpaired) electrons. The smallest absolute Gasteiger partial charge is 0.241 e. The Bertz CT molecular complexity index is 863. The Morgan fingerprint density at radius 3 is 2.56 bits per heavy atom. The number of anilines is 1. The molecule has 0 aliphatic carbocycles. The SMILES string of the molecule is C#CCN1CCC(C(=O)N2CC(S(=O)(=O)N3CCc4ccccc43)C2)CC1. The number of likely N-dealkylation sites (tertiary alicyclic amines) is 2. The summed E-state index contributed by atoms with van der Waals surface area (Å²) in [6.07, 6.45) is 7.69. The predicted octanol–water partition coefficient (Wildman–Crippen LogP) is 0.935. The Morgan fingerprint density at radius 2 is 1.85 bits per heavy atom. The lowest BCUT2D eigenvalue weighted by atomic mass is 9.94. The van der Waals surface area contributed by atoms with Gasteiger partial charge in [-0.3, -0.25) is 14.0 Å². The van der Waals surface area contributed by atoms with Crippen LogP contribution < -0.4 is 4.31 Å². The van der Waals surface area contributed by atoms with E-state index in [1.54, 1.807) is 4.90 Å². The number of rotatable bonds is 4. The van der Waals surface area contributed by atoms with Crippen molar-refractivity contribution in [2.24, 2.45) is 5.92 Å². The van der Waals surface area contributed by atoms with Gasteiger partial charge in [0, 0.05) is 25.6 Å². The zero-order valence-electron chi connectivity index (χ0n) is 15.4. The van der Waals surface area contributed by atoms with Crippen molar-refractivity contribution in [2.75, 3.05) is 43.6 Å². The Morgan fingerprint density at radius 1 is 1.15 bits per heavy atom. The number of nitrogens with zero attached hydrogens (tertiary/aromatic N) is 3. The summed E-state index contributed by atoms with van der Waals surface area (Å²) in [5.41, 5.74) is 1.87. The molecule has 2 saturated heterocycles. The van der Waals surface area contributed by atoms with Gasteiger partial charge in [0.1, 0.15) is 5.25 Å². The zero-order chi connectivity index (χ0) is 19.0. The first-order valence-corrected chi connectivity index (χ1v) is 11.0. The molecule has 3 heterocycles. The Labute approximate surface area is 161 Å². The molecular formula is C20H25N3O3S. The van der Waals surface area contributed by atoms with Gasteiger partial charge in [0.25, 0.3) is 0 Å². The molecule has 1 aromatic rings. The van der Waals surface area contributed by atoms with E-state index in [0.29, 0.717) is 26.2 Å². The van der Waals surface area contributed by atoms with E-state index in [0.717, 1.165) is 43.6 Å². The number of fused-ring (bicyclic) bond motifs is 1. The van der Waals surface area contributed by atoms with E-state index < -0.39 is 15.3 Å². The normalized spacial score (nSPS) is 21.6. The highest BCUT2D eigenvalue weighted by Gasteiger charge is 2.45. The van der Waals surface area contributed by atoms with Gasteiger partial charge >= 0.3 is 0 Å². The van der Waals surface area contributed by atoms with Gasteiger partial charge in [-0.1, -0.05) is 24.1 Å². The number of hydrogen-bond acceptors (Lipinski definition) is 4. The number of hydrogen-bond donors (Lipinski definition) is 0. The lowest BCUT2D eigenvalue weighted by Crippen LogP contribution is -2.61. The molecule has 2 fully saturated rings. The first-order valence-electron chi connectivity index (χ1n) is 9.55. The fourth-order valence-electron chi connectivity index (χ4n) is 4.28. The molecule has 7 heteroatoms. The second-order valence-corrected chi connectivity index (χ2v) is 9.75. The first-order chi connectivity index (χ1) is 13.0. The predicted molar refractivity (Wildman–Crippen MR) is 105 cm³/mol. The second-order valence-electron chi connectivity index (χ2n) is 7.62. The molecular weight excluding hydrogens is 362 g/mol. The summed E-state index contributed by atoms with van der Waals surface area (Å²) in [6.45, 7) is 3.41. The van der Waals surface area contributed by atoms with Gasteiger partial charge in [0.15, 0.2) is 0 Å². The standard InChI is InChI=1S/C20H25N3O3S/c1-2-10-21-11-7-17(8-12-21)20(24)22-14-18(15-22)27(25,26)23-13-9-16-5-3-4-6-19(16)23/h1,3-6,17-18H,7-15H2. The molecule has 1 aromatic carbocycles. The highest BCUT2D eigenvalue weighted by molar-refractivity contribution is 7.93. The van der Waals surface area contributed by atoms with Gasteiger partial charge in [-0.15, -0.1) is 6.42 Å². The minimum Gasteiger partial charge on any atom is -0.340 e. The molecule has 3 aliphatic rings. The van der Waals surface area contributed by atoms with Crippen molar-refractivity contribution in [3.8, 4) is 12.3 Å². The molecule has 0 aromatic heterocycles. The number of sulfonamides is 1. The van der Waals surface area contributed by atoms with Gasteiger partial charge in [0.2, 0.25) is 15.9 Å². The van der Waals surface area contributed by atoms with Gasteiger partial charge in [-0.2, -0.15) is 0 Å². The van der Waals surface area contributed by atoms with Gasteiger partial charge < -0.3 is 4.90 Å². The van der Waals surface area contributed by atoms with Crippen LogP contribution >= 0.6 is 0 Å². The molecule has 4 rings (SSSR count). The largest absolute Gasteiger partial charge is 0.340 e. The second kappa shape index (κ2) is 7.17. The van der Waals surface area contributed by atoms with Crippen LogP contribution in [0.4, 0.5) is 5.69 Å². The number of piperidine rings is 1. The summed E-state index contributed by atoms with van der Waals surface area (Å²) in [5.74, 6) is 2.74. The van der Waals surface area contributed by atoms with Crippen LogP contribution in [0.15, 0.2) is 24.3 Å². The van der Waals surface area contributed by atoms with E-state index >= 15 is 0 Å². The van der Waals surface area contributed by atoms with E-state index in [2.05, 4.69) is 10.8 Å². The Kier molecular flexibility index (Phi) is 4.87. The van der Waals surface area contributed by atoms with Crippen LogP contribution in [0.3, 0.4) is 0 Å². The lowest BCUT2D eigenvalue weighted by molar-refractivity contribution is -0.140. The number of terminal acetylenes is 1. The summed E-state index contributed by atoms with van der Waals surface area (Å²) in [7, 11) is -3.42. The van der Waals surface area contributed by atoms with Crippen molar-refractivity contribution in [1.29, 1.82) is 0 Å². The van der Waals surface area contributed by atoms with Gasteiger partial charge in [0.05, 0.1) is 12.2 Å². The average Bonchev–Trinajstić information content (AvgIpc) is 3.06. The molecule has 1 amide bonds.